The molecule has 0 fully saturated rings. The average molecular weight is 755 g/mol. The van der Waals surface area contributed by atoms with Crippen molar-refractivity contribution in [2.24, 2.45) is 0 Å². The number of anilines is 1. The summed E-state index contributed by atoms with van der Waals surface area (Å²) in [7, 11) is 0. The summed E-state index contributed by atoms with van der Waals surface area (Å²) < 4.78 is 12.3. The van der Waals surface area contributed by atoms with Crippen LogP contribution in [0.5, 0.6) is 0 Å². The second kappa shape index (κ2) is 19.0. The van der Waals surface area contributed by atoms with Crippen molar-refractivity contribution in [3.63, 3.8) is 0 Å². The lowest BCUT2D eigenvalue weighted by Gasteiger charge is -2.25. The quantitative estimate of drug-likeness (QED) is 0.142. The van der Waals surface area contributed by atoms with E-state index in [0.29, 0.717) is 5.56 Å². The fourth-order valence-electron chi connectivity index (χ4n) is 4.96. The van der Waals surface area contributed by atoms with Crippen LogP contribution in [0.1, 0.15) is 50.8 Å². The molecule has 0 spiro atoms. The number of amides is 4. The van der Waals surface area contributed by atoms with Gasteiger partial charge in [-0.3, -0.25) is 47.9 Å². The number of nitrogens with one attached hydrogen (secondary N) is 4. The zero-order valence-electron chi connectivity index (χ0n) is 31.1. The lowest BCUT2D eigenvalue weighted by Crippen LogP contribution is -2.46. The minimum absolute atomic E-state index is 0.104. The highest BCUT2D eigenvalue weighted by Gasteiger charge is 2.23. The van der Waals surface area contributed by atoms with Gasteiger partial charge in [0.05, 0.1) is 19.6 Å². The van der Waals surface area contributed by atoms with Crippen molar-refractivity contribution >= 4 is 35.5 Å². The number of rotatable bonds is 16. The SMILES string of the molecule is CCOC(=O)CCN(Cc1ccccc1NC(=O)CN(CCNC(=O)OC(C)(C)C)C(=O)Cn1cc(C)c(=O)[nH]c1=O)C(=O)Cn1cc(C)c(=O)[nH]c1=O. The van der Waals surface area contributed by atoms with Crippen molar-refractivity contribution in [1.29, 1.82) is 0 Å². The van der Waals surface area contributed by atoms with Crippen LogP contribution >= 0.6 is 0 Å². The number of nitrogens with zero attached hydrogens (tertiary/aromatic N) is 4. The number of ether oxygens (including phenoxy) is 2. The lowest BCUT2D eigenvalue weighted by molar-refractivity contribution is -0.144. The fraction of sp³-hybridized carbons (Fsp3) is 0.457. The highest BCUT2D eigenvalue weighted by molar-refractivity contribution is 5.95. The Hall–Kier alpha value is -6.27. The number of aromatic nitrogens is 4. The molecular formula is C35H46N8O11. The highest BCUT2D eigenvalue weighted by atomic mass is 16.6. The predicted octanol–water partition coefficient (Wildman–Crippen LogP) is -0.0226. The van der Waals surface area contributed by atoms with Gasteiger partial charge in [0.2, 0.25) is 17.7 Å². The molecule has 292 valence electrons. The number of carbonyl (C=O) groups is 5. The van der Waals surface area contributed by atoms with Gasteiger partial charge in [-0.15, -0.1) is 0 Å². The Morgan fingerprint density at radius 2 is 1.37 bits per heavy atom. The molecule has 54 heavy (non-hydrogen) atoms. The molecule has 19 heteroatoms. The third-order valence-corrected chi connectivity index (χ3v) is 7.62. The van der Waals surface area contributed by atoms with Crippen molar-refractivity contribution in [3.05, 3.63) is 95.0 Å². The second-order valence-corrected chi connectivity index (χ2v) is 13.2. The van der Waals surface area contributed by atoms with Crippen molar-refractivity contribution in [1.82, 2.24) is 34.2 Å². The number of hydrogen-bond acceptors (Lipinski definition) is 11. The molecule has 3 aromatic rings. The van der Waals surface area contributed by atoms with Gasteiger partial charge < -0.3 is 29.9 Å². The smallest absolute Gasteiger partial charge is 0.407 e. The number of alkyl carbamates (subject to hydrolysis) is 1. The van der Waals surface area contributed by atoms with Gasteiger partial charge >= 0.3 is 23.4 Å². The molecule has 0 saturated heterocycles. The molecule has 0 aliphatic carbocycles. The molecule has 0 aliphatic rings. The molecule has 19 nitrogen and oxygen atoms in total. The van der Waals surface area contributed by atoms with Crippen molar-refractivity contribution in [2.45, 2.75) is 73.2 Å². The third kappa shape index (κ3) is 13.1. The normalized spacial score (nSPS) is 11.0. The molecule has 4 N–H and O–H groups in total. The maximum absolute atomic E-state index is 13.5. The number of H-pyrrole nitrogens is 2. The summed E-state index contributed by atoms with van der Waals surface area (Å²) in [4.78, 5) is 120. The van der Waals surface area contributed by atoms with Gasteiger partial charge in [-0.25, -0.2) is 14.4 Å². The number of hydrogen-bond donors (Lipinski definition) is 4. The summed E-state index contributed by atoms with van der Waals surface area (Å²) in [5.41, 5.74) is -2.51. The van der Waals surface area contributed by atoms with Gasteiger partial charge in [-0.05, 0) is 53.2 Å². The van der Waals surface area contributed by atoms with Crippen LogP contribution < -0.4 is 33.1 Å². The molecule has 3 rings (SSSR count). The van der Waals surface area contributed by atoms with Crippen LogP contribution in [0.25, 0.3) is 0 Å². The van der Waals surface area contributed by atoms with Crippen LogP contribution in [0.15, 0.2) is 55.8 Å². The van der Waals surface area contributed by atoms with Crippen LogP contribution in [-0.4, -0.2) is 97.1 Å². The van der Waals surface area contributed by atoms with Gasteiger partial charge in [0.25, 0.3) is 11.1 Å². The highest BCUT2D eigenvalue weighted by Crippen LogP contribution is 2.18. The van der Waals surface area contributed by atoms with E-state index in [-0.39, 0.29) is 56.0 Å². The largest absolute Gasteiger partial charge is 0.466 e. The molecule has 2 heterocycles. The first-order valence-electron chi connectivity index (χ1n) is 17.0. The van der Waals surface area contributed by atoms with Crippen LogP contribution in [0.4, 0.5) is 10.5 Å². The molecule has 0 unspecified atom stereocenters. The van der Waals surface area contributed by atoms with Gasteiger partial charge in [0, 0.05) is 55.4 Å². The first-order valence-corrected chi connectivity index (χ1v) is 17.0. The number of para-hydroxylation sites is 1. The molecule has 2 aromatic heterocycles. The molecule has 4 amide bonds. The Morgan fingerprint density at radius 3 is 1.93 bits per heavy atom. The summed E-state index contributed by atoms with van der Waals surface area (Å²) in [6.07, 6.45) is 1.56. The van der Waals surface area contributed by atoms with Gasteiger partial charge in [-0.1, -0.05) is 18.2 Å². The summed E-state index contributed by atoms with van der Waals surface area (Å²) >= 11 is 0. The minimum Gasteiger partial charge on any atom is -0.466 e. The number of benzene rings is 1. The topological polar surface area (TPSA) is 244 Å². The standard InChI is InChI=1S/C35H46N8O11/c1-7-53-29(47)12-14-40(27(45)20-42-16-22(2)30(48)38-32(42)50)18-24-10-8-9-11-25(24)37-26(44)19-41(15-13-36-34(52)54-35(4,5)6)28(46)21-43-17-23(3)31(49)39-33(43)51/h8-11,16-17H,7,12-15,18-21H2,1-6H3,(H,36,52)(H,37,44)(H,38,48,50)(H,39,49,51). The zero-order valence-corrected chi connectivity index (χ0v) is 31.1. The molecule has 0 radical (unpaired) electrons. The van der Waals surface area contributed by atoms with Gasteiger partial charge in [0.15, 0.2) is 0 Å². The molecule has 0 aliphatic heterocycles. The summed E-state index contributed by atoms with van der Waals surface area (Å²) in [5, 5.41) is 5.26. The minimum atomic E-state index is -0.827. The maximum Gasteiger partial charge on any atom is 0.407 e. The van der Waals surface area contributed by atoms with E-state index in [0.717, 1.165) is 14.0 Å². The van der Waals surface area contributed by atoms with Crippen LogP contribution in [0.3, 0.4) is 0 Å². The van der Waals surface area contributed by atoms with E-state index >= 15 is 0 Å². The van der Waals surface area contributed by atoms with E-state index in [2.05, 4.69) is 20.6 Å². The number of carbonyl (C=O) groups excluding carboxylic acids is 5. The van der Waals surface area contributed by atoms with Crippen molar-refractivity contribution in [2.75, 3.05) is 38.1 Å². The van der Waals surface area contributed by atoms with E-state index in [1.807, 2.05) is 0 Å². The summed E-state index contributed by atoms with van der Waals surface area (Å²) in [6, 6.07) is 6.49. The van der Waals surface area contributed by atoms with Crippen molar-refractivity contribution in [3.8, 4) is 0 Å². The summed E-state index contributed by atoms with van der Waals surface area (Å²) in [5.74, 6) is -2.48. The molecule has 0 saturated carbocycles. The first kappa shape index (κ1) is 42.1. The molecule has 1 aromatic carbocycles. The molecule has 0 atom stereocenters. The van der Waals surface area contributed by atoms with Crippen LogP contribution in [0.2, 0.25) is 0 Å². The second-order valence-electron chi connectivity index (χ2n) is 13.2. The Morgan fingerprint density at radius 1 is 0.815 bits per heavy atom. The first-order chi connectivity index (χ1) is 25.4. The van der Waals surface area contributed by atoms with Gasteiger partial charge in [-0.2, -0.15) is 0 Å². The Labute approximate surface area is 309 Å². The van der Waals surface area contributed by atoms with Crippen LogP contribution in [-0.2, 0) is 48.3 Å². The monoisotopic (exact) mass is 754 g/mol. The predicted molar refractivity (Wildman–Crippen MR) is 195 cm³/mol. The van der Waals surface area contributed by atoms with E-state index in [1.165, 1.54) is 31.1 Å². The zero-order chi connectivity index (χ0) is 40.2. The Bertz CT molecular complexity index is 2090. The van der Waals surface area contributed by atoms with Crippen molar-refractivity contribution < 1.29 is 33.4 Å². The fourth-order valence-corrected chi connectivity index (χ4v) is 4.96. The Balaban J connectivity index is 1.83. The number of esters is 1. The van der Waals surface area contributed by atoms with E-state index in [1.54, 1.807) is 52.0 Å². The summed E-state index contributed by atoms with van der Waals surface area (Å²) in [6.45, 7) is 7.74. The van der Waals surface area contributed by atoms with E-state index in [9.17, 15) is 43.2 Å². The average Bonchev–Trinajstić information content (AvgIpc) is 3.07. The van der Waals surface area contributed by atoms with Gasteiger partial charge in [0.1, 0.15) is 18.7 Å². The van der Waals surface area contributed by atoms with E-state index < -0.39 is 77.5 Å². The lowest BCUT2D eigenvalue weighted by atomic mass is 10.1. The third-order valence-electron chi connectivity index (χ3n) is 7.62. The molecular weight excluding hydrogens is 708 g/mol. The number of aromatic amines is 2. The number of aryl methyl sites for hydroxylation is 2. The maximum atomic E-state index is 13.5. The van der Waals surface area contributed by atoms with E-state index in [4.69, 9.17) is 9.47 Å². The Kier molecular flexibility index (Phi) is 14.8. The van der Waals surface area contributed by atoms with Crippen LogP contribution in [0, 0.1) is 13.8 Å². The molecule has 0 bridgehead atoms.